The Morgan fingerprint density at radius 2 is 1.57 bits per heavy atom. The van der Waals surface area contributed by atoms with Crippen molar-refractivity contribution < 1.29 is 19.1 Å². The molecule has 1 aliphatic rings. The molecule has 0 radical (unpaired) electrons. The minimum absolute atomic E-state index is 0.0758. The van der Waals surface area contributed by atoms with Crippen LogP contribution in [-0.4, -0.2) is 25.0 Å². The minimum atomic E-state index is -0.204. The van der Waals surface area contributed by atoms with Crippen LogP contribution in [0.3, 0.4) is 0 Å². The van der Waals surface area contributed by atoms with E-state index >= 15 is 0 Å². The molecular formula is C28H29N3O4. The van der Waals surface area contributed by atoms with Crippen molar-refractivity contribution in [2.45, 2.75) is 27.3 Å². The molecule has 3 aromatic rings. The van der Waals surface area contributed by atoms with Crippen molar-refractivity contribution in [1.82, 2.24) is 5.32 Å². The van der Waals surface area contributed by atoms with Crippen LogP contribution >= 0.6 is 0 Å². The Morgan fingerprint density at radius 1 is 0.914 bits per heavy atom. The number of carbonyl (C=O) groups excluding carboxylic acids is 2. The van der Waals surface area contributed by atoms with Gasteiger partial charge in [0, 0.05) is 30.8 Å². The first-order valence-corrected chi connectivity index (χ1v) is 11.7. The third-order valence-corrected chi connectivity index (χ3v) is 5.51. The van der Waals surface area contributed by atoms with E-state index in [1.54, 1.807) is 0 Å². The maximum atomic E-state index is 13.2. The Kier molecular flexibility index (Phi) is 7.35. The van der Waals surface area contributed by atoms with Crippen LogP contribution in [0.15, 0.2) is 66.7 Å². The Balaban J connectivity index is 1.78. The number of hydrogen-bond donors (Lipinski definition) is 3. The highest BCUT2D eigenvalue weighted by Gasteiger charge is 2.30. The number of hydrogen-bond acceptors (Lipinski definition) is 5. The van der Waals surface area contributed by atoms with Crippen LogP contribution in [0.2, 0.25) is 0 Å². The average Bonchev–Trinajstić information content (AvgIpc) is 3.17. The molecule has 0 unspecified atom stereocenters. The molecule has 2 amide bonds. The lowest BCUT2D eigenvalue weighted by atomic mass is 9.99. The Bertz CT molecular complexity index is 1250. The predicted molar refractivity (Wildman–Crippen MR) is 138 cm³/mol. The zero-order chi connectivity index (χ0) is 24.8. The molecule has 7 nitrogen and oxygen atoms in total. The predicted octanol–water partition coefficient (Wildman–Crippen LogP) is 5.05. The highest BCUT2D eigenvalue weighted by atomic mass is 16.5. The maximum Gasteiger partial charge on any atom is 0.258 e. The van der Waals surface area contributed by atoms with Gasteiger partial charge in [0.15, 0.2) is 11.5 Å². The lowest BCUT2D eigenvalue weighted by molar-refractivity contribution is -0.119. The summed E-state index contributed by atoms with van der Waals surface area (Å²) in [6.07, 6.45) is 0. The summed E-state index contributed by atoms with van der Waals surface area (Å²) in [5.74, 6) is 0.910. The van der Waals surface area contributed by atoms with E-state index in [1.807, 2.05) is 80.6 Å². The molecule has 0 saturated heterocycles. The quantitative estimate of drug-likeness (QED) is 0.380. The average molecular weight is 472 g/mol. The van der Waals surface area contributed by atoms with Crippen molar-refractivity contribution in [3.05, 3.63) is 83.4 Å². The molecule has 4 rings (SSSR count). The molecule has 0 atom stereocenters. The van der Waals surface area contributed by atoms with Crippen LogP contribution in [0.4, 0.5) is 11.4 Å². The summed E-state index contributed by atoms with van der Waals surface area (Å²) < 4.78 is 11.6. The Morgan fingerprint density at radius 3 is 2.20 bits per heavy atom. The van der Waals surface area contributed by atoms with Crippen LogP contribution < -0.4 is 25.4 Å². The molecule has 0 fully saturated rings. The molecule has 1 aliphatic heterocycles. The first-order chi connectivity index (χ1) is 17.0. The van der Waals surface area contributed by atoms with Crippen LogP contribution in [0.1, 0.15) is 37.5 Å². The normalized spacial score (nSPS) is 13.5. The molecule has 0 aliphatic carbocycles. The van der Waals surface area contributed by atoms with E-state index in [1.165, 1.54) is 6.92 Å². The smallest absolute Gasteiger partial charge is 0.258 e. The number of nitrogens with one attached hydrogen (secondary N) is 3. The first kappa shape index (κ1) is 23.9. The van der Waals surface area contributed by atoms with Gasteiger partial charge in [-0.25, -0.2) is 0 Å². The van der Waals surface area contributed by atoms with Crippen molar-refractivity contribution in [3.8, 4) is 11.5 Å². The molecule has 3 N–H and O–H groups in total. The first-order valence-electron chi connectivity index (χ1n) is 11.7. The van der Waals surface area contributed by atoms with Gasteiger partial charge < -0.3 is 25.4 Å². The second-order valence-electron chi connectivity index (χ2n) is 8.01. The molecule has 7 heteroatoms. The van der Waals surface area contributed by atoms with Gasteiger partial charge in [-0.3, -0.25) is 9.59 Å². The van der Waals surface area contributed by atoms with E-state index in [0.29, 0.717) is 48.2 Å². The van der Waals surface area contributed by atoms with E-state index in [9.17, 15) is 9.59 Å². The third kappa shape index (κ3) is 5.46. The number of anilines is 2. The van der Waals surface area contributed by atoms with Crippen LogP contribution in [-0.2, 0) is 16.1 Å². The second kappa shape index (κ2) is 10.8. The zero-order valence-electron chi connectivity index (χ0n) is 20.1. The van der Waals surface area contributed by atoms with Crippen molar-refractivity contribution in [2.75, 3.05) is 23.8 Å². The molecule has 0 saturated carbocycles. The summed E-state index contributed by atoms with van der Waals surface area (Å²) in [5, 5.41) is 9.22. The van der Waals surface area contributed by atoms with E-state index in [4.69, 9.17) is 9.47 Å². The number of fused-ring (bicyclic) bond motifs is 1. The molecule has 3 aromatic carbocycles. The van der Waals surface area contributed by atoms with Gasteiger partial charge in [-0.2, -0.15) is 0 Å². The van der Waals surface area contributed by atoms with Gasteiger partial charge in [-0.15, -0.1) is 0 Å². The van der Waals surface area contributed by atoms with Crippen molar-refractivity contribution >= 4 is 34.5 Å². The van der Waals surface area contributed by atoms with E-state index in [0.717, 1.165) is 22.4 Å². The molecule has 1 heterocycles. The summed E-state index contributed by atoms with van der Waals surface area (Å²) >= 11 is 0. The lowest BCUT2D eigenvalue weighted by Gasteiger charge is -2.16. The topological polar surface area (TPSA) is 88.7 Å². The summed E-state index contributed by atoms with van der Waals surface area (Å²) in [7, 11) is 0. The fourth-order valence-corrected chi connectivity index (χ4v) is 3.92. The summed E-state index contributed by atoms with van der Waals surface area (Å²) in [6, 6.07) is 21.1. The van der Waals surface area contributed by atoms with Crippen molar-refractivity contribution in [1.29, 1.82) is 0 Å². The molecular weight excluding hydrogens is 442 g/mol. The van der Waals surface area contributed by atoms with E-state index in [2.05, 4.69) is 16.0 Å². The lowest BCUT2D eigenvalue weighted by Crippen LogP contribution is -2.18. The fraction of sp³-hybridized carbons (Fsp3) is 0.214. The van der Waals surface area contributed by atoms with Gasteiger partial charge in [0.05, 0.1) is 30.2 Å². The molecule has 0 bridgehead atoms. The van der Waals surface area contributed by atoms with Gasteiger partial charge in [0.1, 0.15) is 0 Å². The largest absolute Gasteiger partial charge is 0.490 e. The number of ether oxygens (including phenoxy) is 2. The standard InChI is InChI=1S/C28H29N3O4/c1-4-34-24-15-22-23(16-25(24)35-5-2)31-28(33)26(22)27(20-9-7-6-8-10-20)30-21-13-11-19(12-14-21)17-29-18(3)32/h6-16,30H,4-5,17H2,1-3H3,(H,29,32)(H,31,33)/b27-26-. The fourth-order valence-electron chi connectivity index (χ4n) is 3.92. The van der Waals surface area contributed by atoms with Gasteiger partial charge in [0.2, 0.25) is 5.91 Å². The number of carbonyl (C=O) groups is 2. The summed E-state index contributed by atoms with van der Waals surface area (Å²) in [6.45, 7) is 6.74. The monoisotopic (exact) mass is 471 g/mol. The van der Waals surface area contributed by atoms with Crippen LogP contribution in [0, 0.1) is 0 Å². The molecule has 0 spiro atoms. The van der Waals surface area contributed by atoms with E-state index < -0.39 is 0 Å². The molecule has 35 heavy (non-hydrogen) atoms. The van der Waals surface area contributed by atoms with E-state index in [-0.39, 0.29) is 11.8 Å². The van der Waals surface area contributed by atoms with Gasteiger partial charge in [-0.05, 0) is 43.2 Å². The second-order valence-corrected chi connectivity index (χ2v) is 8.01. The molecule has 180 valence electrons. The number of amides is 2. The Labute approximate surface area is 205 Å². The van der Waals surface area contributed by atoms with Gasteiger partial charge >= 0.3 is 0 Å². The number of benzene rings is 3. The summed E-state index contributed by atoms with van der Waals surface area (Å²) in [5.41, 5.74) is 5.31. The van der Waals surface area contributed by atoms with Crippen molar-refractivity contribution in [3.63, 3.8) is 0 Å². The van der Waals surface area contributed by atoms with Crippen LogP contribution in [0.25, 0.3) is 11.3 Å². The van der Waals surface area contributed by atoms with Crippen LogP contribution in [0.5, 0.6) is 11.5 Å². The van der Waals surface area contributed by atoms with Gasteiger partial charge in [0.25, 0.3) is 5.91 Å². The maximum absolute atomic E-state index is 13.2. The highest BCUT2D eigenvalue weighted by Crippen LogP contribution is 2.43. The van der Waals surface area contributed by atoms with Gasteiger partial charge in [-0.1, -0.05) is 42.5 Å². The SMILES string of the molecule is CCOc1cc2c(cc1OCC)/C(=C(/Nc1ccc(CNC(C)=O)cc1)c1ccccc1)C(=O)N2. The summed E-state index contributed by atoms with van der Waals surface area (Å²) in [4.78, 5) is 24.4. The van der Waals surface area contributed by atoms with Crippen molar-refractivity contribution in [2.24, 2.45) is 0 Å². The third-order valence-electron chi connectivity index (χ3n) is 5.51. The zero-order valence-corrected chi connectivity index (χ0v) is 20.1. The number of rotatable bonds is 9. The molecule has 0 aromatic heterocycles. The minimum Gasteiger partial charge on any atom is -0.490 e. The Hall–Kier alpha value is -4.26. The highest BCUT2D eigenvalue weighted by molar-refractivity contribution is 6.37.